The largest absolute Gasteiger partial charge is 0.449 e. The number of ether oxygens (including phenoxy) is 10. The maximum absolute atomic E-state index is 12.3. The van der Waals surface area contributed by atoms with Crippen molar-refractivity contribution < 1.29 is 52.2 Å². The van der Waals surface area contributed by atoms with Gasteiger partial charge in [0.2, 0.25) is 0 Å². The quantitative estimate of drug-likeness (QED) is 0.0639. The van der Waals surface area contributed by atoms with Crippen molar-refractivity contribution in [1.29, 1.82) is 0 Å². The molecular weight excluding hydrogens is 815 g/mol. The Kier molecular flexibility index (Phi) is 36.3. The molecule has 1 N–H and O–H groups in total. The first-order valence-electron chi connectivity index (χ1n) is 25.1. The zero-order chi connectivity index (χ0) is 45.1. The molecule has 64 heavy (non-hydrogen) atoms. The van der Waals surface area contributed by atoms with E-state index >= 15 is 0 Å². The number of benzene rings is 2. The monoisotopic (exact) mass is 902 g/mol. The van der Waals surface area contributed by atoms with Gasteiger partial charge in [-0.05, 0) is 35.1 Å². The smallest absolute Gasteiger partial charge is 0.407 e. The summed E-state index contributed by atoms with van der Waals surface area (Å²) in [7, 11) is 0. The zero-order valence-corrected chi connectivity index (χ0v) is 39.8. The van der Waals surface area contributed by atoms with Gasteiger partial charge in [0.05, 0.1) is 106 Å². The Hall–Kier alpha value is -2.65. The molecule has 0 unspecified atom stereocenters. The first kappa shape index (κ1) is 55.7. The van der Waals surface area contributed by atoms with Gasteiger partial charge in [0.1, 0.15) is 6.61 Å². The fourth-order valence-electron chi connectivity index (χ4n) is 7.63. The molecule has 3 rings (SSSR count). The number of alkyl carbamates (subject to hydrolysis) is 1. The minimum Gasteiger partial charge on any atom is -0.449 e. The Morgan fingerprint density at radius 3 is 1.05 bits per heavy atom. The molecule has 2 aromatic rings. The standard InChI is InChI=1S/C52H87NO11/c1-2-3-4-5-6-7-8-9-10-11-12-13-14-15-16-21-28-55-30-32-57-34-36-59-38-40-61-42-44-63-45-43-62-41-39-60-37-35-58-33-31-56-29-22-27-53-52(54)64-46-51-49-25-19-17-23-47(49)48-24-18-20-26-50(48)51/h17-20,23-26,51H,2-16,21-22,27-46H2,1H3,(H,53,54). The van der Waals surface area contributed by atoms with Gasteiger partial charge in [-0.2, -0.15) is 0 Å². The number of carbonyl (C=O) groups is 1. The Balaban J connectivity index is 0.904. The van der Waals surface area contributed by atoms with Crippen molar-refractivity contribution in [3.05, 3.63) is 59.7 Å². The van der Waals surface area contributed by atoms with Crippen LogP contribution in [0.5, 0.6) is 0 Å². The van der Waals surface area contributed by atoms with E-state index in [1.54, 1.807) is 0 Å². The van der Waals surface area contributed by atoms with Gasteiger partial charge < -0.3 is 52.7 Å². The molecule has 0 aliphatic heterocycles. The molecule has 0 spiro atoms. The maximum Gasteiger partial charge on any atom is 0.407 e. The third kappa shape index (κ3) is 29.1. The van der Waals surface area contributed by atoms with Crippen LogP contribution < -0.4 is 5.32 Å². The summed E-state index contributed by atoms with van der Waals surface area (Å²) in [6, 6.07) is 16.6. The van der Waals surface area contributed by atoms with E-state index in [0.717, 1.165) is 13.0 Å². The molecule has 0 atom stereocenters. The van der Waals surface area contributed by atoms with Gasteiger partial charge in [-0.3, -0.25) is 0 Å². The summed E-state index contributed by atoms with van der Waals surface area (Å²) in [6.45, 7) is 12.9. The van der Waals surface area contributed by atoms with Crippen LogP contribution in [0.1, 0.15) is 133 Å². The van der Waals surface area contributed by atoms with Crippen LogP contribution in [0.25, 0.3) is 11.1 Å². The van der Waals surface area contributed by atoms with Gasteiger partial charge in [-0.25, -0.2) is 4.79 Å². The predicted octanol–water partition coefficient (Wildman–Crippen LogP) is 10.3. The first-order chi connectivity index (χ1) is 31.8. The second-order valence-corrected chi connectivity index (χ2v) is 16.4. The van der Waals surface area contributed by atoms with E-state index in [-0.39, 0.29) is 5.92 Å². The van der Waals surface area contributed by atoms with Gasteiger partial charge in [-0.1, -0.05) is 152 Å². The number of nitrogens with one attached hydrogen (secondary N) is 1. The highest BCUT2D eigenvalue weighted by Crippen LogP contribution is 2.44. The van der Waals surface area contributed by atoms with Crippen LogP contribution in [0.3, 0.4) is 0 Å². The fraction of sp³-hybridized carbons (Fsp3) is 0.750. The van der Waals surface area contributed by atoms with Crippen molar-refractivity contribution in [2.75, 3.05) is 132 Å². The second-order valence-electron chi connectivity index (χ2n) is 16.4. The lowest BCUT2D eigenvalue weighted by Crippen LogP contribution is -2.27. The van der Waals surface area contributed by atoms with Crippen LogP contribution in [0.2, 0.25) is 0 Å². The van der Waals surface area contributed by atoms with Crippen molar-refractivity contribution in [2.24, 2.45) is 0 Å². The molecule has 0 fully saturated rings. The van der Waals surface area contributed by atoms with Crippen LogP contribution in [-0.4, -0.2) is 138 Å². The van der Waals surface area contributed by atoms with E-state index in [0.29, 0.717) is 132 Å². The summed E-state index contributed by atoms with van der Waals surface area (Å²) in [6.07, 6.45) is 22.4. The lowest BCUT2D eigenvalue weighted by Gasteiger charge is -2.14. The van der Waals surface area contributed by atoms with E-state index in [1.807, 2.05) is 24.3 Å². The number of amides is 1. The molecule has 1 aliphatic carbocycles. The van der Waals surface area contributed by atoms with Gasteiger partial charge in [0.15, 0.2) is 0 Å². The Bertz CT molecular complexity index is 1300. The normalized spacial score (nSPS) is 12.2. The highest BCUT2D eigenvalue weighted by atomic mass is 16.6. The van der Waals surface area contributed by atoms with Crippen molar-refractivity contribution >= 4 is 6.09 Å². The van der Waals surface area contributed by atoms with Crippen LogP contribution in [0, 0.1) is 0 Å². The van der Waals surface area contributed by atoms with Gasteiger partial charge in [0, 0.05) is 25.7 Å². The lowest BCUT2D eigenvalue weighted by atomic mass is 9.98. The topological polar surface area (TPSA) is 121 Å². The molecule has 1 aliphatic rings. The summed E-state index contributed by atoms with van der Waals surface area (Å²) in [5, 5.41) is 2.82. The molecule has 0 saturated heterocycles. The highest BCUT2D eigenvalue weighted by molar-refractivity contribution is 5.79. The molecule has 0 aromatic heterocycles. The van der Waals surface area contributed by atoms with E-state index in [9.17, 15) is 4.79 Å². The molecule has 1 amide bonds. The van der Waals surface area contributed by atoms with Crippen LogP contribution in [0.4, 0.5) is 4.79 Å². The van der Waals surface area contributed by atoms with Gasteiger partial charge in [-0.15, -0.1) is 0 Å². The molecule has 0 radical (unpaired) electrons. The molecular formula is C52H87NO11. The van der Waals surface area contributed by atoms with Crippen LogP contribution >= 0.6 is 0 Å². The minimum absolute atomic E-state index is 0.0522. The Labute approximate surface area is 387 Å². The molecule has 0 bridgehead atoms. The van der Waals surface area contributed by atoms with Crippen molar-refractivity contribution in [3.63, 3.8) is 0 Å². The third-order valence-corrected chi connectivity index (χ3v) is 11.2. The molecule has 0 saturated carbocycles. The van der Waals surface area contributed by atoms with E-state index in [2.05, 4.69) is 36.5 Å². The predicted molar refractivity (Wildman–Crippen MR) is 255 cm³/mol. The first-order valence-corrected chi connectivity index (χ1v) is 25.1. The van der Waals surface area contributed by atoms with E-state index in [4.69, 9.17) is 47.4 Å². The SMILES string of the molecule is CCCCCCCCCCCCCCCCCCOCCOCCOCCOCCOCCOCCOCCOCCOCCCNC(=O)OCC1c2ccccc2-c2ccccc21. The number of hydrogen-bond donors (Lipinski definition) is 1. The summed E-state index contributed by atoms with van der Waals surface area (Å²) in [4.78, 5) is 12.3. The van der Waals surface area contributed by atoms with E-state index < -0.39 is 6.09 Å². The van der Waals surface area contributed by atoms with Crippen molar-refractivity contribution in [1.82, 2.24) is 5.32 Å². The zero-order valence-electron chi connectivity index (χ0n) is 39.8. The van der Waals surface area contributed by atoms with Crippen molar-refractivity contribution in [3.8, 4) is 11.1 Å². The maximum atomic E-state index is 12.3. The lowest BCUT2D eigenvalue weighted by molar-refractivity contribution is -0.0250. The molecule has 0 heterocycles. The molecule has 2 aromatic carbocycles. The van der Waals surface area contributed by atoms with Gasteiger partial charge in [0.25, 0.3) is 0 Å². The number of carbonyl (C=O) groups excluding carboxylic acids is 1. The summed E-state index contributed by atoms with van der Waals surface area (Å²) in [5.41, 5.74) is 4.82. The Morgan fingerprint density at radius 1 is 0.391 bits per heavy atom. The number of hydrogen-bond acceptors (Lipinski definition) is 11. The summed E-state index contributed by atoms with van der Waals surface area (Å²) >= 11 is 0. The van der Waals surface area contributed by atoms with Gasteiger partial charge >= 0.3 is 6.09 Å². The Morgan fingerprint density at radius 2 is 0.688 bits per heavy atom. The average Bonchev–Trinajstić information content (AvgIpc) is 3.64. The van der Waals surface area contributed by atoms with E-state index in [1.165, 1.54) is 119 Å². The summed E-state index contributed by atoms with van der Waals surface area (Å²) in [5.74, 6) is 0.0522. The second kappa shape index (κ2) is 41.8. The fourth-order valence-corrected chi connectivity index (χ4v) is 7.63. The average molecular weight is 902 g/mol. The molecule has 366 valence electrons. The number of unbranched alkanes of at least 4 members (excludes halogenated alkanes) is 15. The summed E-state index contributed by atoms with van der Waals surface area (Å²) < 4.78 is 55.8. The number of fused-ring (bicyclic) bond motifs is 3. The minimum atomic E-state index is -0.410. The molecule has 12 heteroatoms. The third-order valence-electron chi connectivity index (χ3n) is 11.2. The molecule has 12 nitrogen and oxygen atoms in total. The van der Waals surface area contributed by atoms with Crippen LogP contribution in [0.15, 0.2) is 48.5 Å². The highest BCUT2D eigenvalue weighted by Gasteiger charge is 2.29. The van der Waals surface area contributed by atoms with Crippen LogP contribution in [-0.2, 0) is 47.4 Å². The number of rotatable bonds is 47. The van der Waals surface area contributed by atoms with Crippen molar-refractivity contribution in [2.45, 2.75) is 122 Å².